The van der Waals surface area contributed by atoms with Gasteiger partial charge in [0.15, 0.2) is 6.10 Å². The Balaban J connectivity index is 2.19. The first-order valence-corrected chi connectivity index (χ1v) is 11.4. The lowest BCUT2D eigenvalue weighted by molar-refractivity contribution is -0.282. The summed E-state index contributed by atoms with van der Waals surface area (Å²) in [4.78, 5) is 38.3. The van der Waals surface area contributed by atoms with Crippen LogP contribution >= 0.6 is 0 Å². The fourth-order valence-corrected chi connectivity index (χ4v) is 5.85. The van der Waals surface area contributed by atoms with Gasteiger partial charge in [-0.15, -0.1) is 0 Å². The van der Waals surface area contributed by atoms with Gasteiger partial charge in [0.2, 0.25) is 0 Å². The minimum Gasteiger partial charge on any atom is -0.461 e. The highest BCUT2D eigenvalue weighted by Gasteiger charge is 2.71. The van der Waals surface area contributed by atoms with E-state index in [1.807, 2.05) is 13.8 Å². The molecule has 3 aliphatic rings. The van der Waals surface area contributed by atoms with Gasteiger partial charge in [-0.25, -0.2) is 9.59 Å². The van der Waals surface area contributed by atoms with E-state index < -0.39 is 65.0 Å². The van der Waals surface area contributed by atoms with Gasteiger partial charge in [0.05, 0.1) is 17.4 Å². The highest BCUT2D eigenvalue weighted by Crippen LogP contribution is 2.62. The first-order chi connectivity index (χ1) is 14.8. The van der Waals surface area contributed by atoms with Crippen LogP contribution in [0.15, 0.2) is 23.8 Å². The molecule has 1 aliphatic heterocycles. The molecule has 0 aromatic rings. The van der Waals surface area contributed by atoms with Crippen LogP contribution in [0.1, 0.15) is 61.3 Å². The van der Waals surface area contributed by atoms with Crippen LogP contribution in [-0.2, 0) is 28.6 Å². The van der Waals surface area contributed by atoms with E-state index in [2.05, 4.69) is 6.58 Å². The number of allylic oxidation sites excluding steroid dienone is 1. The fourth-order valence-electron chi connectivity index (χ4n) is 5.85. The van der Waals surface area contributed by atoms with Gasteiger partial charge in [0.1, 0.15) is 12.2 Å². The summed E-state index contributed by atoms with van der Waals surface area (Å²) < 4.78 is 17.8. The lowest BCUT2D eigenvalue weighted by Crippen LogP contribution is -2.73. The molecule has 7 nitrogen and oxygen atoms in total. The van der Waals surface area contributed by atoms with Crippen molar-refractivity contribution in [3.63, 3.8) is 0 Å². The zero-order valence-electron chi connectivity index (χ0n) is 20.1. The molecule has 0 spiro atoms. The van der Waals surface area contributed by atoms with Crippen molar-refractivity contribution in [2.45, 2.75) is 85.2 Å². The molecule has 178 valence electrons. The summed E-state index contributed by atoms with van der Waals surface area (Å²) in [7, 11) is 0. The van der Waals surface area contributed by atoms with Gasteiger partial charge in [-0.1, -0.05) is 40.3 Å². The molecule has 0 unspecified atom stereocenters. The lowest BCUT2D eigenvalue weighted by atomic mass is 9.46. The van der Waals surface area contributed by atoms with E-state index in [4.69, 9.17) is 14.2 Å². The molecule has 3 fully saturated rings. The van der Waals surface area contributed by atoms with E-state index in [9.17, 15) is 19.5 Å². The SMILES string of the molecule is C=C1C(=O)O[C@H]2[C@@H](OC(=O)/C(C)=C\C)[C@@H]1[C@H](OC(=O)C(C)C)[C@H]1[C@@]2(C)[C@@H](C)CC[C@]1(C)O. The third-order valence-corrected chi connectivity index (χ3v) is 8.05. The molecule has 1 heterocycles. The summed E-state index contributed by atoms with van der Waals surface area (Å²) in [6.45, 7) is 16.5. The van der Waals surface area contributed by atoms with Crippen molar-refractivity contribution < 1.29 is 33.7 Å². The molecule has 32 heavy (non-hydrogen) atoms. The van der Waals surface area contributed by atoms with E-state index in [1.165, 1.54) is 0 Å². The maximum absolute atomic E-state index is 12.8. The number of ether oxygens (including phenoxy) is 3. The van der Waals surface area contributed by atoms with Crippen LogP contribution in [0.3, 0.4) is 0 Å². The van der Waals surface area contributed by atoms with Gasteiger partial charge in [-0.3, -0.25) is 4.79 Å². The Kier molecular flexibility index (Phi) is 6.37. The average molecular weight is 449 g/mol. The second-order valence-electron chi connectivity index (χ2n) is 10.4. The zero-order chi connectivity index (χ0) is 24.2. The number of hydrogen-bond acceptors (Lipinski definition) is 7. The molecule has 1 saturated heterocycles. The quantitative estimate of drug-likeness (QED) is 0.400. The molecule has 0 amide bonds. The van der Waals surface area contributed by atoms with Crippen LogP contribution < -0.4 is 0 Å². The number of carbonyl (C=O) groups excluding carboxylic acids is 3. The van der Waals surface area contributed by atoms with E-state index in [0.717, 1.165) is 0 Å². The number of hydrogen-bond donors (Lipinski definition) is 1. The Morgan fingerprint density at radius 3 is 2.44 bits per heavy atom. The van der Waals surface area contributed by atoms with Crippen LogP contribution in [-0.4, -0.2) is 46.9 Å². The van der Waals surface area contributed by atoms with Gasteiger partial charge in [0, 0.05) is 22.5 Å². The number of esters is 3. The second kappa shape index (κ2) is 8.32. The Morgan fingerprint density at radius 2 is 1.88 bits per heavy atom. The molecule has 0 radical (unpaired) electrons. The Hall–Kier alpha value is -2.15. The molecule has 3 rings (SSSR count). The van der Waals surface area contributed by atoms with Crippen LogP contribution in [0.2, 0.25) is 0 Å². The molecule has 1 N–H and O–H groups in total. The summed E-state index contributed by atoms with van der Waals surface area (Å²) in [6, 6.07) is 0. The zero-order valence-corrected chi connectivity index (χ0v) is 20.1. The molecule has 2 bridgehead atoms. The number of carbonyl (C=O) groups is 3. The first-order valence-electron chi connectivity index (χ1n) is 11.4. The molecule has 8 atom stereocenters. The summed E-state index contributed by atoms with van der Waals surface area (Å²) in [5.74, 6) is -3.26. The van der Waals surface area contributed by atoms with Gasteiger partial charge in [0.25, 0.3) is 0 Å². The van der Waals surface area contributed by atoms with Crippen LogP contribution in [0.4, 0.5) is 0 Å². The number of rotatable bonds is 4. The maximum atomic E-state index is 12.8. The van der Waals surface area contributed by atoms with E-state index in [1.54, 1.807) is 40.7 Å². The van der Waals surface area contributed by atoms with Crippen molar-refractivity contribution in [3.05, 3.63) is 23.8 Å². The third kappa shape index (κ3) is 3.68. The standard InChI is InChI=1S/C25H36O7/c1-9-13(4)22(27)31-18-16-15(6)23(28)32-20(18)25(8)14(5)10-11-24(7,29)19(25)17(16)30-21(26)12(2)3/h9,12,14,16-20,29H,6,10-11H2,1-5,7-8H3/b13-9-/t14-,16-,17-,18-,19+,20-,24-,25+/m0/s1. The predicted molar refractivity (Wildman–Crippen MR) is 117 cm³/mol. The summed E-state index contributed by atoms with van der Waals surface area (Å²) in [5, 5.41) is 11.5. The Morgan fingerprint density at radius 1 is 1.25 bits per heavy atom. The van der Waals surface area contributed by atoms with Crippen molar-refractivity contribution in [3.8, 4) is 0 Å². The van der Waals surface area contributed by atoms with Crippen molar-refractivity contribution in [2.24, 2.45) is 29.1 Å². The smallest absolute Gasteiger partial charge is 0.334 e. The molecular formula is C25H36O7. The van der Waals surface area contributed by atoms with Crippen LogP contribution in [0.25, 0.3) is 0 Å². The Bertz CT molecular complexity index is 854. The number of aliphatic hydroxyl groups is 1. The highest BCUT2D eigenvalue weighted by atomic mass is 16.6. The van der Waals surface area contributed by atoms with Crippen molar-refractivity contribution in [1.82, 2.24) is 0 Å². The van der Waals surface area contributed by atoms with Crippen molar-refractivity contribution in [2.75, 3.05) is 0 Å². The van der Waals surface area contributed by atoms with Gasteiger partial charge >= 0.3 is 17.9 Å². The van der Waals surface area contributed by atoms with Crippen LogP contribution in [0, 0.1) is 29.1 Å². The molecule has 0 aromatic heterocycles. The van der Waals surface area contributed by atoms with Gasteiger partial charge < -0.3 is 19.3 Å². The normalized spacial score (nSPS) is 41.6. The monoisotopic (exact) mass is 448 g/mol. The maximum Gasteiger partial charge on any atom is 0.334 e. The topological polar surface area (TPSA) is 99.1 Å². The second-order valence-corrected chi connectivity index (χ2v) is 10.4. The third-order valence-electron chi connectivity index (χ3n) is 8.05. The lowest BCUT2D eigenvalue weighted by Gasteiger charge is -2.64. The summed E-state index contributed by atoms with van der Waals surface area (Å²) in [6.07, 6.45) is 0.319. The first kappa shape index (κ1) is 24.5. The molecule has 2 saturated carbocycles. The minimum atomic E-state index is -1.17. The molecular weight excluding hydrogens is 412 g/mol. The van der Waals surface area contributed by atoms with Crippen molar-refractivity contribution >= 4 is 17.9 Å². The molecule has 0 aromatic carbocycles. The van der Waals surface area contributed by atoms with E-state index in [0.29, 0.717) is 18.4 Å². The average Bonchev–Trinajstić information content (AvgIpc) is 2.71. The number of fused-ring (bicyclic) bond motifs is 4. The minimum absolute atomic E-state index is 0.0158. The van der Waals surface area contributed by atoms with E-state index in [-0.39, 0.29) is 11.5 Å². The molecule has 7 heteroatoms. The van der Waals surface area contributed by atoms with Crippen molar-refractivity contribution in [1.29, 1.82) is 0 Å². The fraction of sp³-hybridized carbons (Fsp3) is 0.720. The van der Waals surface area contributed by atoms with Crippen LogP contribution in [0.5, 0.6) is 0 Å². The van der Waals surface area contributed by atoms with Gasteiger partial charge in [-0.05, 0) is 39.5 Å². The predicted octanol–water partition coefficient (Wildman–Crippen LogP) is 3.35. The highest BCUT2D eigenvalue weighted by molar-refractivity contribution is 5.91. The summed E-state index contributed by atoms with van der Waals surface area (Å²) >= 11 is 0. The van der Waals surface area contributed by atoms with Gasteiger partial charge in [-0.2, -0.15) is 0 Å². The van der Waals surface area contributed by atoms with E-state index >= 15 is 0 Å². The molecule has 2 aliphatic carbocycles. The Labute approximate surface area is 190 Å². The largest absolute Gasteiger partial charge is 0.461 e. The summed E-state index contributed by atoms with van der Waals surface area (Å²) in [5.41, 5.74) is -1.44.